The highest BCUT2D eigenvalue weighted by Crippen LogP contribution is 2.33. The zero-order valence-electron chi connectivity index (χ0n) is 20.2. The second-order valence-electron chi connectivity index (χ2n) is 8.44. The molecule has 1 aromatic carbocycles. The molecule has 0 radical (unpaired) electrons. The molecule has 3 rings (SSSR count). The molecule has 0 N–H and O–H groups in total. The molecule has 1 aromatic heterocycles. The molecule has 4 atom stereocenters. The van der Waals surface area contributed by atoms with E-state index in [0.29, 0.717) is 0 Å². The van der Waals surface area contributed by atoms with Gasteiger partial charge in [0.2, 0.25) is 0 Å². The Balaban J connectivity index is 2.04. The maximum atomic E-state index is 13.4. The summed E-state index contributed by atoms with van der Waals surface area (Å²) in [7, 11) is 0. The first-order chi connectivity index (χ1) is 16.5. The molecular weight excluding hydrogens is 460 g/mol. The minimum atomic E-state index is -1.25. The second-order valence-corrected chi connectivity index (χ2v) is 8.44. The van der Waals surface area contributed by atoms with Crippen LogP contribution in [0.1, 0.15) is 43.7 Å². The predicted octanol–water partition coefficient (Wildman–Crippen LogP) is 0.999. The molecule has 0 amide bonds. The molecule has 1 saturated heterocycles. The molecule has 1 fully saturated rings. The van der Waals surface area contributed by atoms with Gasteiger partial charge < -0.3 is 18.9 Å². The van der Waals surface area contributed by atoms with Crippen LogP contribution in [0.5, 0.6) is 0 Å². The van der Waals surface area contributed by atoms with Crippen LogP contribution in [0.2, 0.25) is 0 Å². The van der Waals surface area contributed by atoms with Gasteiger partial charge in [-0.25, -0.2) is 4.79 Å². The molecule has 0 bridgehead atoms. The molecule has 0 spiro atoms. The molecule has 2 heterocycles. The zero-order chi connectivity index (χ0) is 25.9. The van der Waals surface area contributed by atoms with Gasteiger partial charge in [-0.15, -0.1) is 0 Å². The van der Waals surface area contributed by atoms with Crippen LogP contribution in [-0.2, 0) is 39.9 Å². The monoisotopic (exact) mass is 488 g/mol. The first-order valence-electron chi connectivity index (χ1n) is 11.0. The Morgan fingerprint density at radius 1 is 0.914 bits per heavy atom. The van der Waals surface area contributed by atoms with E-state index < -0.39 is 53.7 Å². The fourth-order valence-electron chi connectivity index (χ4n) is 4.13. The Morgan fingerprint density at radius 2 is 1.51 bits per heavy atom. The number of hydrogen-bond acceptors (Lipinski definition) is 9. The summed E-state index contributed by atoms with van der Waals surface area (Å²) < 4.78 is 23.7. The summed E-state index contributed by atoms with van der Waals surface area (Å²) in [5.74, 6) is -1.98. The van der Waals surface area contributed by atoms with Crippen LogP contribution >= 0.6 is 0 Å². The van der Waals surface area contributed by atoms with E-state index in [-0.39, 0.29) is 13.2 Å². The SMILES string of the molecule is CC(=O)OC[C@H]1O[C@@H](n2ccc(=O)n(Cc3cc(C)cc(C)c3)c2=O)[C@H](OC(C)=O)[C@@H]1OC(C)=O. The Hall–Kier alpha value is -3.73. The summed E-state index contributed by atoms with van der Waals surface area (Å²) in [5, 5.41) is 0. The average molecular weight is 488 g/mol. The summed E-state index contributed by atoms with van der Waals surface area (Å²) in [6, 6.07) is 6.91. The van der Waals surface area contributed by atoms with E-state index in [2.05, 4.69) is 0 Å². The largest absolute Gasteiger partial charge is 0.463 e. The van der Waals surface area contributed by atoms with Crippen LogP contribution in [0.15, 0.2) is 40.1 Å². The van der Waals surface area contributed by atoms with Crippen LogP contribution in [0.4, 0.5) is 0 Å². The van der Waals surface area contributed by atoms with E-state index in [0.717, 1.165) is 39.7 Å². The Kier molecular flexibility index (Phi) is 7.90. The lowest BCUT2D eigenvalue weighted by Crippen LogP contribution is -2.45. The van der Waals surface area contributed by atoms with Gasteiger partial charge in [0.15, 0.2) is 18.4 Å². The lowest BCUT2D eigenvalue weighted by Gasteiger charge is -2.24. The van der Waals surface area contributed by atoms with E-state index in [9.17, 15) is 24.0 Å². The number of rotatable bonds is 7. The van der Waals surface area contributed by atoms with E-state index in [1.165, 1.54) is 19.2 Å². The molecule has 35 heavy (non-hydrogen) atoms. The van der Waals surface area contributed by atoms with Crippen molar-refractivity contribution in [3.8, 4) is 0 Å². The summed E-state index contributed by atoms with van der Waals surface area (Å²) in [6.45, 7) is 7.05. The molecule has 0 aliphatic carbocycles. The van der Waals surface area contributed by atoms with Crippen LogP contribution in [-0.4, -0.2) is 52.0 Å². The van der Waals surface area contributed by atoms with Gasteiger partial charge in [-0.1, -0.05) is 29.3 Å². The van der Waals surface area contributed by atoms with Crippen molar-refractivity contribution in [3.05, 3.63) is 68.0 Å². The number of ether oxygens (including phenoxy) is 4. The third-order valence-corrected chi connectivity index (χ3v) is 5.33. The normalized spacial score (nSPS) is 21.4. The van der Waals surface area contributed by atoms with Crippen molar-refractivity contribution in [1.29, 1.82) is 0 Å². The molecule has 11 nitrogen and oxygen atoms in total. The van der Waals surface area contributed by atoms with Crippen LogP contribution < -0.4 is 11.2 Å². The molecule has 1 aliphatic rings. The smallest absolute Gasteiger partial charge is 0.333 e. The van der Waals surface area contributed by atoms with Crippen LogP contribution in [0.25, 0.3) is 0 Å². The van der Waals surface area contributed by atoms with Crippen molar-refractivity contribution in [2.24, 2.45) is 0 Å². The van der Waals surface area contributed by atoms with Crippen molar-refractivity contribution in [2.75, 3.05) is 6.61 Å². The maximum Gasteiger partial charge on any atom is 0.333 e. The van der Waals surface area contributed by atoms with Crippen molar-refractivity contribution < 1.29 is 33.3 Å². The van der Waals surface area contributed by atoms with Gasteiger partial charge in [0.25, 0.3) is 5.56 Å². The van der Waals surface area contributed by atoms with Gasteiger partial charge in [0, 0.05) is 33.0 Å². The number of carbonyl (C=O) groups is 3. The average Bonchev–Trinajstić information content (AvgIpc) is 3.04. The van der Waals surface area contributed by atoms with Crippen molar-refractivity contribution in [1.82, 2.24) is 9.13 Å². The lowest BCUT2D eigenvalue weighted by molar-refractivity contribution is -0.166. The van der Waals surface area contributed by atoms with E-state index in [1.54, 1.807) is 0 Å². The van der Waals surface area contributed by atoms with Gasteiger partial charge in [0.05, 0.1) is 6.54 Å². The van der Waals surface area contributed by atoms with Crippen molar-refractivity contribution in [3.63, 3.8) is 0 Å². The Bertz CT molecular complexity index is 1230. The highest BCUT2D eigenvalue weighted by molar-refractivity contribution is 5.68. The molecule has 1 aliphatic heterocycles. The topological polar surface area (TPSA) is 132 Å². The third-order valence-electron chi connectivity index (χ3n) is 5.33. The highest BCUT2D eigenvalue weighted by atomic mass is 16.7. The van der Waals surface area contributed by atoms with Gasteiger partial charge in [0.1, 0.15) is 12.7 Å². The number of aryl methyl sites for hydroxylation is 2. The van der Waals surface area contributed by atoms with Crippen molar-refractivity contribution in [2.45, 2.75) is 65.7 Å². The highest BCUT2D eigenvalue weighted by Gasteiger charge is 2.51. The van der Waals surface area contributed by atoms with Gasteiger partial charge >= 0.3 is 23.6 Å². The number of aromatic nitrogens is 2. The quantitative estimate of drug-likeness (QED) is 0.413. The van der Waals surface area contributed by atoms with Crippen molar-refractivity contribution >= 4 is 17.9 Å². The summed E-state index contributed by atoms with van der Waals surface area (Å²) in [5.41, 5.74) is 1.48. The van der Waals surface area contributed by atoms with E-state index in [1.807, 2.05) is 32.0 Å². The van der Waals surface area contributed by atoms with E-state index in [4.69, 9.17) is 18.9 Å². The number of benzene rings is 1. The first-order valence-corrected chi connectivity index (χ1v) is 11.0. The van der Waals surface area contributed by atoms with Gasteiger partial charge in [-0.3, -0.25) is 28.3 Å². The van der Waals surface area contributed by atoms with Gasteiger partial charge in [-0.2, -0.15) is 0 Å². The number of esters is 3. The maximum absolute atomic E-state index is 13.4. The van der Waals surface area contributed by atoms with Crippen LogP contribution in [0, 0.1) is 13.8 Å². The zero-order valence-corrected chi connectivity index (χ0v) is 20.2. The molecular formula is C24H28N2O9. The molecule has 2 aromatic rings. The van der Waals surface area contributed by atoms with Gasteiger partial charge in [-0.05, 0) is 19.4 Å². The molecule has 11 heteroatoms. The second kappa shape index (κ2) is 10.7. The number of hydrogen-bond donors (Lipinski definition) is 0. The lowest BCUT2D eigenvalue weighted by atomic mass is 10.1. The summed E-state index contributed by atoms with van der Waals surface area (Å²) in [6.07, 6.45) is -3.44. The third kappa shape index (κ3) is 6.24. The number of nitrogens with zero attached hydrogens (tertiary/aromatic N) is 2. The Labute approximate surface area is 201 Å². The Morgan fingerprint density at radius 3 is 2.09 bits per heavy atom. The van der Waals surface area contributed by atoms with Crippen LogP contribution in [0.3, 0.4) is 0 Å². The predicted molar refractivity (Wildman–Crippen MR) is 122 cm³/mol. The first kappa shape index (κ1) is 25.9. The minimum absolute atomic E-state index is 0.0101. The standard InChI is InChI=1S/C24H28N2O9/c1-13-8-14(2)10-18(9-13)11-26-20(30)6-7-25(24(26)31)23-22(34-17(5)29)21(33-16(4)28)19(35-23)12-32-15(3)27/h6-10,19,21-23H,11-12H2,1-5H3/t19-,21-,22-,23-/m1/s1. The fourth-order valence-corrected chi connectivity index (χ4v) is 4.13. The summed E-state index contributed by atoms with van der Waals surface area (Å²) in [4.78, 5) is 60.9. The molecule has 0 unspecified atom stereocenters. The van der Waals surface area contributed by atoms with E-state index >= 15 is 0 Å². The molecule has 0 saturated carbocycles. The summed E-state index contributed by atoms with van der Waals surface area (Å²) >= 11 is 0. The number of carbonyl (C=O) groups excluding carboxylic acids is 3. The minimum Gasteiger partial charge on any atom is -0.463 e. The fraction of sp³-hybridized carbons (Fsp3) is 0.458. The molecule has 188 valence electrons.